The lowest BCUT2D eigenvalue weighted by molar-refractivity contribution is -0.135. The molecule has 0 spiro atoms. The number of rotatable bonds is 8. The lowest BCUT2D eigenvalue weighted by Crippen LogP contribution is -2.36. The van der Waals surface area contributed by atoms with Crippen LogP contribution >= 0.6 is 0 Å². The van der Waals surface area contributed by atoms with Crippen molar-refractivity contribution in [1.29, 1.82) is 0 Å². The highest BCUT2D eigenvalue weighted by Crippen LogP contribution is 2.41. The third kappa shape index (κ3) is 8.28. The van der Waals surface area contributed by atoms with Crippen molar-refractivity contribution in [2.24, 2.45) is 5.41 Å². The SMILES string of the molecule is C=CCC.CC(C)=C(C)C(=O)N(C=O)CCC1(CC=O)CCCCC1. The Morgan fingerprint density at radius 2 is 1.68 bits per heavy atom. The van der Waals surface area contributed by atoms with E-state index in [0.29, 0.717) is 24.9 Å². The fraction of sp³-hybridized carbons (Fsp3) is 0.667. The third-order valence-electron chi connectivity index (χ3n) is 5.06. The van der Waals surface area contributed by atoms with Gasteiger partial charge in [-0.3, -0.25) is 14.5 Å². The molecule has 0 heterocycles. The van der Waals surface area contributed by atoms with E-state index < -0.39 is 0 Å². The van der Waals surface area contributed by atoms with Crippen LogP contribution in [-0.2, 0) is 14.4 Å². The van der Waals surface area contributed by atoms with E-state index in [2.05, 4.69) is 13.5 Å². The molecule has 1 rings (SSSR count). The number of imide groups is 1. The molecule has 1 aliphatic carbocycles. The summed E-state index contributed by atoms with van der Waals surface area (Å²) in [6.07, 6.45) is 11.4. The molecular weight excluding hydrogens is 314 g/mol. The van der Waals surface area contributed by atoms with Gasteiger partial charge in [0.25, 0.3) is 5.91 Å². The van der Waals surface area contributed by atoms with Crippen LogP contribution in [0, 0.1) is 5.41 Å². The monoisotopic (exact) mass is 349 g/mol. The van der Waals surface area contributed by atoms with Crippen molar-refractivity contribution in [3.8, 4) is 0 Å². The summed E-state index contributed by atoms with van der Waals surface area (Å²) in [5.74, 6) is -0.220. The molecule has 1 fully saturated rings. The highest BCUT2D eigenvalue weighted by Gasteiger charge is 2.32. The number of carbonyl (C=O) groups excluding carboxylic acids is 3. The van der Waals surface area contributed by atoms with Crippen LogP contribution in [0.4, 0.5) is 0 Å². The van der Waals surface area contributed by atoms with Crippen LogP contribution in [-0.4, -0.2) is 30.0 Å². The van der Waals surface area contributed by atoms with Crippen molar-refractivity contribution in [1.82, 2.24) is 4.90 Å². The van der Waals surface area contributed by atoms with Crippen LogP contribution in [0.5, 0.6) is 0 Å². The first-order valence-electron chi connectivity index (χ1n) is 9.32. The second-order valence-electron chi connectivity index (χ2n) is 7.11. The van der Waals surface area contributed by atoms with Gasteiger partial charge in [-0.15, -0.1) is 6.58 Å². The van der Waals surface area contributed by atoms with Crippen LogP contribution in [0.2, 0.25) is 0 Å². The van der Waals surface area contributed by atoms with E-state index >= 15 is 0 Å². The topological polar surface area (TPSA) is 54.5 Å². The smallest absolute Gasteiger partial charge is 0.255 e. The average Bonchev–Trinajstić information content (AvgIpc) is 2.62. The van der Waals surface area contributed by atoms with E-state index in [1.165, 1.54) is 11.3 Å². The summed E-state index contributed by atoms with van der Waals surface area (Å²) in [6.45, 7) is 11.4. The van der Waals surface area contributed by atoms with E-state index in [-0.39, 0.29) is 11.3 Å². The summed E-state index contributed by atoms with van der Waals surface area (Å²) >= 11 is 0. The zero-order valence-corrected chi connectivity index (χ0v) is 16.5. The molecule has 4 heteroatoms. The van der Waals surface area contributed by atoms with Gasteiger partial charge in [0.1, 0.15) is 6.29 Å². The molecular formula is C21H35NO3. The summed E-state index contributed by atoms with van der Waals surface area (Å²) in [6, 6.07) is 0. The van der Waals surface area contributed by atoms with Crippen LogP contribution in [0.25, 0.3) is 0 Å². The molecule has 25 heavy (non-hydrogen) atoms. The molecule has 0 N–H and O–H groups in total. The Morgan fingerprint density at radius 1 is 1.12 bits per heavy atom. The zero-order valence-electron chi connectivity index (χ0n) is 16.5. The van der Waals surface area contributed by atoms with Crippen molar-refractivity contribution in [3.05, 3.63) is 23.8 Å². The molecule has 4 nitrogen and oxygen atoms in total. The Bertz CT molecular complexity index is 470. The molecule has 0 saturated heterocycles. The lowest BCUT2D eigenvalue weighted by Gasteiger charge is -2.37. The van der Waals surface area contributed by atoms with Gasteiger partial charge in [-0.1, -0.05) is 37.8 Å². The van der Waals surface area contributed by atoms with Crippen LogP contribution in [0.15, 0.2) is 23.8 Å². The first-order valence-corrected chi connectivity index (χ1v) is 9.32. The standard InChI is InChI=1S/C17H27NO3.C4H8/c1-14(2)15(3)16(21)18(13-20)11-9-17(10-12-19)7-5-4-6-8-17;1-3-4-2/h12-13H,4-11H2,1-3H3;3H,1,4H2,2H3. The van der Waals surface area contributed by atoms with Crippen molar-refractivity contribution in [3.63, 3.8) is 0 Å². The number of allylic oxidation sites excluding steroid dienone is 2. The zero-order chi connectivity index (χ0) is 19.3. The van der Waals surface area contributed by atoms with Crippen molar-refractivity contribution >= 4 is 18.6 Å². The summed E-state index contributed by atoms with van der Waals surface area (Å²) in [7, 11) is 0. The molecule has 1 aliphatic rings. The number of carbonyl (C=O) groups is 3. The summed E-state index contributed by atoms with van der Waals surface area (Å²) in [5.41, 5.74) is 1.53. The largest absolute Gasteiger partial charge is 0.303 e. The summed E-state index contributed by atoms with van der Waals surface area (Å²) < 4.78 is 0. The minimum atomic E-state index is -0.220. The van der Waals surface area contributed by atoms with E-state index in [4.69, 9.17) is 0 Å². The molecule has 0 aliphatic heterocycles. The molecule has 0 atom stereocenters. The predicted octanol–water partition coefficient (Wildman–Crippen LogP) is 4.84. The maximum absolute atomic E-state index is 12.2. The third-order valence-corrected chi connectivity index (χ3v) is 5.06. The van der Waals surface area contributed by atoms with Gasteiger partial charge < -0.3 is 4.79 Å². The highest BCUT2D eigenvalue weighted by atomic mass is 16.2. The Kier molecular flexibility index (Phi) is 11.8. The number of amides is 2. The number of aldehydes is 1. The number of hydrogen-bond donors (Lipinski definition) is 0. The van der Waals surface area contributed by atoms with Crippen molar-refractivity contribution in [2.45, 2.75) is 79.1 Å². The summed E-state index contributed by atoms with van der Waals surface area (Å²) in [4.78, 5) is 35.7. The Hall–Kier alpha value is -1.71. The quantitative estimate of drug-likeness (QED) is 0.358. The van der Waals surface area contributed by atoms with Gasteiger partial charge in [-0.25, -0.2) is 0 Å². The lowest BCUT2D eigenvalue weighted by atomic mass is 9.70. The molecule has 1 saturated carbocycles. The average molecular weight is 350 g/mol. The van der Waals surface area contributed by atoms with Crippen LogP contribution in [0.3, 0.4) is 0 Å². The van der Waals surface area contributed by atoms with Gasteiger partial charge in [-0.05, 0) is 51.9 Å². The van der Waals surface area contributed by atoms with Crippen molar-refractivity contribution < 1.29 is 14.4 Å². The Labute approximate surface area is 153 Å². The van der Waals surface area contributed by atoms with E-state index in [1.54, 1.807) is 6.92 Å². The van der Waals surface area contributed by atoms with E-state index in [0.717, 1.165) is 50.4 Å². The Morgan fingerprint density at radius 3 is 2.08 bits per heavy atom. The Balaban J connectivity index is 0.00000129. The first-order chi connectivity index (χ1) is 11.9. The van der Waals surface area contributed by atoms with E-state index in [1.807, 2.05) is 19.9 Å². The molecule has 2 amide bonds. The number of hydrogen-bond acceptors (Lipinski definition) is 3. The predicted molar refractivity (Wildman–Crippen MR) is 103 cm³/mol. The van der Waals surface area contributed by atoms with Gasteiger partial charge in [0, 0.05) is 18.5 Å². The van der Waals surface area contributed by atoms with Gasteiger partial charge in [0.2, 0.25) is 6.41 Å². The summed E-state index contributed by atoms with van der Waals surface area (Å²) in [5, 5.41) is 0. The molecule has 0 bridgehead atoms. The molecule has 0 aromatic rings. The fourth-order valence-corrected chi connectivity index (χ4v) is 3.02. The van der Waals surface area contributed by atoms with Crippen molar-refractivity contribution in [2.75, 3.05) is 6.54 Å². The van der Waals surface area contributed by atoms with Crippen LogP contribution in [0.1, 0.15) is 79.1 Å². The molecule has 142 valence electrons. The van der Waals surface area contributed by atoms with Gasteiger partial charge >= 0.3 is 0 Å². The molecule has 0 aromatic carbocycles. The maximum Gasteiger partial charge on any atom is 0.255 e. The normalized spacial score (nSPS) is 15.2. The fourth-order valence-electron chi connectivity index (χ4n) is 3.02. The second kappa shape index (κ2) is 12.6. The van der Waals surface area contributed by atoms with Crippen LogP contribution < -0.4 is 0 Å². The minimum Gasteiger partial charge on any atom is -0.303 e. The molecule has 0 radical (unpaired) electrons. The van der Waals surface area contributed by atoms with Gasteiger partial charge in [0.15, 0.2) is 0 Å². The highest BCUT2D eigenvalue weighted by molar-refractivity contribution is 5.99. The van der Waals surface area contributed by atoms with Gasteiger partial charge in [-0.2, -0.15) is 0 Å². The molecule has 0 unspecified atom stereocenters. The minimum absolute atomic E-state index is 0.0135. The van der Waals surface area contributed by atoms with E-state index in [9.17, 15) is 14.4 Å². The molecule has 0 aromatic heterocycles. The first kappa shape index (κ1) is 23.3. The number of nitrogens with zero attached hydrogens (tertiary/aromatic N) is 1. The second-order valence-corrected chi connectivity index (χ2v) is 7.11. The maximum atomic E-state index is 12.2. The van der Waals surface area contributed by atoms with Gasteiger partial charge in [0.05, 0.1) is 0 Å².